The van der Waals surface area contributed by atoms with Gasteiger partial charge in [0.25, 0.3) is 0 Å². The largest absolute Gasteiger partial charge is 0.493 e. The zero-order valence-corrected chi connectivity index (χ0v) is 44.5. The van der Waals surface area contributed by atoms with E-state index in [0.717, 1.165) is 58.7 Å². The standard InChI is InChI=1S/C59H69N3O14S/c1-4-55(63)71-33-8-31-69-47-20-24-49(25-21-47)75-57(65)44-16-12-42(13-17-44)40-73-51-28-29-53(46(38-51)39-60-62(30-35-68-37-36-67-3)59-61-52-10-6-7-11-54(52)77-59)74-41-43-14-18-45(19-15-43)58(66)76-50-26-22-48(23-27-50)70-32-9-34-72-56(64)5-2/h4-7,10-11,20-29,38-39,42-45H,1-2,8-9,12-19,30-37,40-41H2,3H3/b60-39+. The van der Waals surface area contributed by atoms with Gasteiger partial charge in [0, 0.05) is 37.7 Å². The first-order valence-corrected chi connectivity index (χ1v) is 27.1. The van der Waals surface area contributed by atoms with Crippen LogP contribution in [-0.2, 0) is 38.1 Å². The van der Waals surface area contributed by atoms with Gasteiger partial charge >= 0.3 is 23.9 Å². The molecule has 2 aliphatic carbocycles. The normalized spacial score (nSPS) is 17.2. The molecule has 0 saturated heterocycles. The van der Waals surface area contributed by atoms with E-state index in [1.807, 2.05) is 47.5 Å². The monoisotopic (exact) mass is 1080 g/mol. The first-order chi connectivity index (χ1) is 37.7. The Balaban J connectivity index is 0.922. The molecule has 2 fully saturated rings. The van der Waals surface area contributed by atoms with Gasteiger partial charge in [0.05, 0.1) is 94.3 Å². The number of esters is 4. The lowest BCUT2D eigenvalue weighted by molar-refractivity contribution is -0.141. The van der Waals surface area contributed by atoms with Gasteiger partial charge in [-0.15, -0.1) is 0 Å². The van der Waals surface area contributed by atoms with Crippen LogP contribution in [-0.4, -0.2) is 108 Å². The molecule has 0 bridgehead atoms. The number of carbonyl (C=O) groups excluding carboxylic acids is 4. The van der Waals surface area contributed by atoms with Crippen LogP contribution in [0, 0.1) is 23.7 Å². The molecular weight excluding hydrogens is 1010 g/mol. The first kappa shape index (κ1) is 57.4. The van der Waals surface area contributed by atoms with Crippen molar-refractivity contribution in [3.8, 4) is 34.5 Å². The van der Waals surface area contributed by atoms with Crippen LogP contribution in [0.4, 0.5) is 5.13 Å². The van der Waals surface area contributed by atoms with E-state index in [4.69, 9.17) is 57.5 Å². The molecule has 1 aromatic heterocycles. The molecule has 2 saturated carbocycles. The van der Waals surface area contributed by atoms with Gasteiger partial charge in [-0.1, -0.05) is 36.6 Å². The maximum Gasteiger partial charge on any atom is 0.330 e. The van der Waals surface area contributed by atoms with Gasteiger partial charge in [-0.05, 0) is 142 Å². The van der Waals surface area contributed by atoms with Crippen molar-refractivity contribution in [3.63, 3.8) is 0 Å². The molecule has 0 unspecified atom stereocenters. The molecule has 2 aliphatic rings. The van der Waals surface area contributed by atoms with Crippen molar-refractivity contribution < 1.29 is 66.5 Å². The summed E-state index contributed by atoms with van der Waals surface area (Å²) in [6, 6.07) is 27.6. The third-order valence-corrected chi connectivity index (χ3v) is 14.1. The lowest BCUT2D eigenvalue weighted by Gasteiger charge is -2.28. The van der Waals surface area contributed by atoms with E-state index in [9.17, 15) is 19.2 Å². The van der Waals surface area contributed by atoms with Gasteiger partial charge in [0.15, 0.2) is 0 Å². The number of benzene rings is 4. The number of carbonyl (C=O) groups is 4. The number of fused-ring (bicyclic) bond motifs is 1. The number of methoxy groups -OCH3 is 1. The molecule has 0 radical (unpaired) electrons. The van der Waals surface area contributed by atoms with Gasteiger partial charge in [0.1, 0.15) is 34.5 Å². The summed E-state index contributed by atoms with van der Waals surface area (Å²) in [5, 5.41) is 7.54. The number of hydrogen-bond donors (Lipinski definition) is 0. The molecule has 4 aromatic carbocycles. The SMILES string of the molecule is C=CC(=O)OCCCOc1ccc(OC(=O)C2CCC(COc3ccc(OCC4CCC(C(=O)Oc5ccc(OCCCOC(=O)C=C)cc5)CC4)c(/C=N/N(CCOCCOC)c4nc5ccccc5s4)c3)CC2)cc1. The predicted octanol–water partition coefficient (Wildman–Crippen LogP) is 10.4. The zero-order chi connectivity index (χ0) is 54.0. The van der Waals surface area contributed by atoms with E-state index < -0.39 is 11.9 Å². The van der Waals surface area contributed by atoms with Gasteiger partial charge in [-0.2, -0.15) is 5.10 Å². The smallest absolute Gasteiger partial charge is 0.330 e. The number of hydrogen-bond acceptors (Lipinski definition) is 18. The molecular formula is C59H69N3O14S. The molecule has 410 valence electrons. The van der Waals surface area contributed by atoms with Crippen LogP contribution in [0.5, 0.6) is 34.5 Å². The minimum Gasteiger partial charge on any atom is -0.493 e. The summed E-state index contributed by atoms with van der Waals surface area (Å²) in [6.07, 6.45) is 11.1. The number of para-hydroxylation sites is 1. The molecule has 0 amide bonds. The van der Waals surface area contributed by atoms with Crippen molar-refractivity contribution in [2.24, 2.45) is 28.8 Å². The predicted molar refractivity (Wildman–Crippen MR) is 292 cm³/mol. The van der Waals surface area contributed by atoms with Gasteiger partial charge < -0.3 is 47.4 Å². The van der Waals surface area contributed by atoms with Crippen LogP contribution in [0.2, 0.25) is 0 Å². The maximum atomic E-state index is 13.2. The maximum absolute atomic E-state index is 13.2. The number of hydrazone groups is 1. The quantitative estimate of drug-likeness (QED) is 0.0102. The number of nitrogens with zero attached hydrogens (tertiary/aromatic N) is 3. The third kappa shape index (κ3) is 19.1. The van der Waals surface area contributed by atoms with Crippen molar-refractivity contribution in [1.29, 1.82) is 0 Å². The van der Waals surface area contributed by atoms with Crippen LogP contribution in [0.25, 0.3) is 10.2 Å². The van der Waals surface area contributed by atoms with E-state index in [0.29, 0.717) is 126 Å². The fourth-order valence-electron chi connectivity index (χ4n) is 8.67. The zero-order valence-electron chi connectivity index (χ0n) is 43.7. The summed E-state index contributed by atoms with van der Waals surface area (Å²) < 4.78 is 58.0. The Hall–Kier alpha value is -7.28. The number of anilines is 1. The molecule has 18 heteroatoms. The summed E-state index contributed by atoms with van der Waals surface area (Å²) in [6.45, 7) is 10.7. The Morgan fingerprint density at radius 2 is 1.14 bits per heavy atom. The van der Waals surface area contributed by atoms with E-state index in [-0.39, 0.29) is 48.8 Å². The highest BCUT2D eigenvalue weighted by Gasteiger charge is 2.30. The molecule has 1 heterocycles. The first-order valence-electron chi connectivity index (χ1n) is 26.3. The molecule has 0 spiro atoms. The number of thiazole rings is 1. The Bertz CT molecular complexity index is 2660. The molecule has 7 rings (SSSR count). The molecule has 0 atom stereocenters. The van der Waals surface area contributed by atoms with Crippen molar-refractivity contribution in [2.75, 3.05) is 78.1 Å². The van der Waals surface area contributed by atoms with Crippen molar-refractivity contribution >= 4 is 56.8 Å². The molecule has 0 aliphatic heterocycles. The summed E-state index contributed by atoms with van der Waals surface area (Å²) in [4.78, 5) is 53.7. The number of aromatic nitrogens is 1. The number of rotatable bonds is 31. The van der Waals surface area contributed by atoms with Crippen LogP contribution in [0.3, 0.4) is 0 Å². The van der Waals surface area contributed by atoms with Crippen molar-refractivity contribution in [1.82, 2.24) is 4.98 Å². The van der Waals surface area contributed by atoms with Crippen LogP contribution in [0.1, 0.15) is 69.8 Å². The topological polar surface area (TPSA) is 189 Å². The van der Waals surface area contributed by atoms with Crippen LogP contribution >= 0.6 is 11.3 Å². The lowest BCUT2D eigenvalue weighted by Crippen LogP contribution is -2.28. The highest BCUT2D eigenvalue weighted by atomic mass is 32.1. The fraction of sp³-hybridized carbons (Fsp3) is 0.424. The average molecular weight is 1080 g/mol. The Morgan fingerprint density at radius 1 is 0.610 bits per heavy atom. The lowest BCUT2D eigenvalue weighted by atomic mass is 9.82. The minimum atomic E-state index is -0.468. The van der Waals surface area contributed by atoms with Gasteiger partial charge in [0.2, 0.25) is 5.13 Å². The second kappa shape index (κ2) is 31.1. The second-order valence-corrected chi connectivity index (χ2v) is 19.6. The second-order valence-electron chi connectivity index (χ2n) is 18.6. The van der Waals surface area contributed by atoms with Crippen molar-refractivity contribution in [3.05, 3.63) is 122 Å². The Kier molecular flexibility index (Phi) is 23.2. The van der Waals surface area contributed by atoms with Crippen LogP contribution in [0.15, 0.2) is 121 Å². The summed E-state index contributed by atoms with van der Waals surface area (Å²) in [5.74, 6) is 2.09. The third-order valence-electron chi connectivity index (χ3n) is 13.0. The summed E-state index contributed by atoms with van der Waals surface area (Å²) in [7, 11) is 1.64. The number of ether oxygens (including phenoxy) is 10. The average Bonchev–Trinajstić information content (AvgIpc) is 3.90. The Morgan fingerprint density at radius 3 is 1.69 bits per heavy atom. The fourth-order valence-corrected chi connectivity index (χ4v) is 9.62. The van der Waals surface area contributed by atoms with E-state index >= 15 is 0 Å². The molecule has 0 N–H and O–H groups in total. The molecule has 17 nitrogen and oxygen atoms in total. The van der Waals surface area contributed by atoms with Crippen molar-refractivity contribution in [2.45, 2.75) is 64.2 Å². The van der Waals surface area contributed by atoms with E-state index in [2.05, 4.69) is 13.2 Å². The highest BCUT2D eigenvalue weighted by Crippen LogP contribution is 2.35. The summed E-state index contributed by atoms with van der Waals surface area (Å²) in [5.41, 5.74) is 1.62. The van der Waals surface area contributed by atoms with Gasteiger partial charge in [-0.3, -0.25) is 9.59 Å². The van der Waals surface area contributed by atoms with Crippen LogP contribution < -0.4 is 33.4 Å². The van der Waals surface area contributed by atoms with E-state index in [1.54, 1.807) is 73.2 Å². The Labute approximate surface area is 454 Å². The van der Waals surface area contributed by atoms with Gasteiger partial charge in [-0.25, -0.2) is 19.6 Å². The molecule has 5 aromatic rings. The van der Waals surface area contributed by atoms with E-state index in [1.165, 1.54) is 0 Å². The minimum absolute atomic E-state index is 0.210. The summed E-state index contributed by atoms with van der Waals surface area (Å²) >= 11 is 1.55. The molecule has 77 heavy (non-hydrogen) atoms. The highest BCUT2D eigenvalue weighted by molar-refractivity contribution is 7.22.